The zero-order valence-corrected chi connectivity index (χ0v) is 19.8. The van der Waals surface area contributed by atoms with Gasteiger partial charge in [0.2, 0.25) is 0 Å². The Morgan fingerprint density at radius 2 is 1.97 bits per heavy atom. The normalized spacial score (nSPS) is 15.5. The highest BCUT2D eigenvalue weighted by Crippen LogP contribution is 2.42. The molecule has 1 saturated heterocycles. The molecule has 2 N–H and O–H groups in total. The second-order valence-corrected chi connectivity index (χ2v) is 8.91. The van der Waals surface area contributed by atoms with Crippen molar-refractivity contribution in [2.45, 2.75) is 32.7 Å². The van der Waals surface area contributed by atoms with E-state index in [1.165, 1.54) is 6.33 Å². The fraction of sp³-hybridized carbons (Fsp3) is 0.259. The Balaban J connectivity index is 1.71. The number of nitrogens with zero attached hydrogens (tertiary/aromatic N) is 5. The number of amides is 1. The first-order valence-electron chi connectivity index (χ1n) is 11.5. The van der Waals surface area contributed by atoms with E-state index in [2.05, 4.69) is 27.8 Å². The molecule has 1 aliphatic heterocycles. The molecule has 4 heterocycles. The van der Waals surface area contributed by atoms with E-state index in [1.807, 2.05) is 40.8 Å². The van der Waals surface area contributed by atoms with Crippen molar-refractivity contribution in [3.8, 4) is 34.7 Å². The summed E-state index contributed by atoms with van der Waals surface area (Å²) in [6, 6.07) is 7.64. The summed E-state index contributed by atoms with van der Waals surface area (Å²) in [5, 5.41) is 0.651. The molecule has 4 aromatic rings. The van der Waals surface area contributed by atoms with E-state index >= 15 is 0 Å². The lowest BCUT2D eigenvalue weighted by Crippen LogP contribution is -2.33. The van der Waals surface area contributed by atoms with Crippen LogP contribution in [0.1, 0.15) is 41.4 Å². The number of nitrogen functional groups attached to an aromatic ring is 1. The summed E-state index contributed by atoms with van der Waals surface area (Å²) < 4.78 is 16.8. The summed E-state index contributed by atoms with van der Waals surface area (Å²) in [6.07, 6.45) is 10.4. The van der Waals surface area contributed by atoms with Gasteiger partial charge >= 0.3 is 0 Å². The lowest BCUT2D eigenvalue weighted by atomic mass is 9.96. The van der Waals surface area contributed by atoms with Gasteiger partial charge in [0.1, 0.15) is 23.5 Å². The van der Waals surface area contributed by atoms with Crippen LogP contribution >= 0.6 is 0 Å². The number of pyridine rings is 1. The number of likely N-dealkylation sites (tertiary alicyclic amines) is 1. The van der Waals surface area contributed by atoms with Gasteiger partial charge in [-0.2, -0.15) is 0 Å². The van der Waals surface area contributed by atoms with Crippen molar-refractivity contribution in [3.05, 3.63) is 59.4 Å². The highest BCUT2D eigenvalue weighted by molar-refractivity contribution is 6.08. The van der Waals surface area contributed by atoms with E-state index in [9.17, 15) is 9.18 Å². The summed E-state index contributed by atoms with van der Waals surface area (Å²) >= 11 is 0. The van der Waals surface area contributed by atoms with E-state index in [1.54, 1.807) is 13.1 Å². The predicted molar refractivity (Wildman–Crippen MR) is 134 cm³/mol. The molecule has 35 heavy (non-hydrogen) atoms. The number of nitrogens with two attached hydrogens (primary N) is 1. The van der Waals surface area contributed by atoms with Gasteiger partial charge < -0.3 is 15.2 Å². The highest BCUT2D eigenvalue weighted by Gasteiger charge is 2.27. The number of fused-ring (bicyclic) bond motifs is 1. The smallest absolute Gasteiger partial charge is 0.254 e. The first-order chi connectivity index (χ1) is 16.8. The maximum absolute atomic E-state index is 15.0. The van der Waals surface area contributed by atoms with Crippen molar-refractivity contribution < 1.29 is 9.18 Å². The average molecular weight is 469 g/mol. The van der Waals surface area contributed by atoms with Crippen molar-refractivity contribution in [1.82, 2.24) is 24.4 Å². The molecule has 0 aliphatic carbocycles. The van der Waals surface area contributed by atoms with Crippen LogP contribution in [-0.2, 0) is 7.05 Å². The minimum Gasteiger partial charge on any atom is -0.383 e. The van der Waals surface area contributed by atoms with Crippen molar-refractivity contribution in [3.63, 3.8) is 0 Å². The molecule has 0 radical (unpaired) electrons. The van der Waals surface area contributed by atoms with Gasteiger partial charge in [-0.05, 0) is 55.9 Å². The molecule has 7 nitrogen and oxygen atoms in total. The predicted octanol–water partition coefficient (Wildman–Crippen LogP) is 4.33. The molecule has 1 amide bonds. The Labute approximate surface area is 202 Å². The second kappa shape index (κ2) is 8.51. The highest BCUT2D eigenvalue weighted by atomic mass is 19.1. The van der Waals surface area contributed by atoms with Crippen molar-refractivity contribution in [2.24, 2.45) is 7.05 Å². The monoisotopic (exact) mass is 468 g/mol. The number of aromatic nitrogens is 4. The minimum absolute atomic E-state index is 0.0227. The molecule has 1 aliphatic rings. The first kappa shape index (κ1) is 22.5. The van der Waals surface area contributed by atoms with Crippen molar-refractivity contribution in [1.29, 1.82) is 0 Å². The van der Waals surface area contributed by atoms with Crippen molar-refractivity contribution >= 4 is 22.8 Å². The molecule has 0 bridgehead atoms. The largest absolute Gasteiger partial charge is 0.383 e. The van der Waals surface area contributed by atoms with Crippen LogP contribution in [0.25, 0.3) is 33.4 Å². The number of aryl methyl sites for hydroxylation is 1. The summed E-state index contributed by atoms with van der Waals surface area (Å²) in [7, 11) is 1.84. The van der Waals surface area contributed by atoms with Crippen LogP contribution in [0.15, 0.2) is 36.8 Å². The summed E-state index contributed by atoms with van der Waals surface area (Å²) in [6.45, 7) is 4.52. The standard InChI is InChI=1S/C27H25FN6O/c1-5-20-23(28)16(3)19(13-30-20)24-21(22-25(29)31-14-32-26(22)33(24)4)17-8-10-18(11-9-17)27(35)34-12-6-7-15(34)2/h1,8-11,13-15H,6-7,12H2,2-4H3,(H2,29,31,32)/t15-/m0/s1. The number of rotatable bonds is 3. The van der Waals surface area contributed by atoms with Gasteiger partial charge in [-0.25, -0.2) is 19.3 Å². The number of halogens is 1. The fourth-order valence-corrected chi connectivity index (χ4v) is 4.97. The van der Waals surface area contributed by atoms with E-state index in [0.717, 1.165) is 30.5 Å². The number of carbonyl (C=O) groups is 1. The summed E-state index contributed by atoms with van der Waals surface area (Å²) in [5.74, 6) is 2.07. The maximum Gasteiger partial charge on any atom is 0.254 e. The number of carbonyl (C=O) groups excluding carboxylic acids is 1. The fourth-order valence-electron chi connectivity index (χ4n) is 4.97. The third kappa shape index (κ3) is 3.51. The van der Waals surface area contributed by atoms with E-state index in [-0.39, 0.29) is 17.6 Å². The molecular formula is C27H25FN6O. The van der Waals surface area contributed by atoms with Crippen LogP contribution in [-0.4, -0.2) is 42.9 Å². The minimum atomic E-state index is -0.541. The van der Waals surface area contributed by atoms with Crippen LogP contribution in [0, 0.1) is 25.1 Å². The quantitative estimate of drug-likeness (QED) is 0.452. The zero-order valence-electron chi connectivity index (χ0n) is 19.8. The Hall–Kier alpha value is -4.25. The maximum atomic E-state index is 15.0. The molecule has 1 fully saturated rings. The lowest BCUT2D eigenvalue weighted by molar-refractivity contribution is 0.0747. The van der Waals surface area contributed by atoms with Gasteiger partial charge in [0, 0.05) is 42.5 Å². The van der Waals surface area contributed by atoms with E-state index in [0.29, 0.717) is 39.2 Å². The third-order valence-electron chi connectivity index (χ3n) is 6.89. The molecule has 176 valence electrons. The Bertz CT molecular complexity index is 1520. The first-order valence-corrected chi connectivity index (χ1v) is 11.5. The second-order valence-electron chi connectivity index (χ2n) is 8.91. The number of benzene rings is 1. The molecule has 1 atom stereocenters. The van der Waals surface area contributed by atoms with Gasteiger partial charge in [0.15, 0.2) is 5.82 Å². The van der Waals surface area contributed by atoms with E-state index < -0.39 is 5.82 Å². The third-order valence-corrected chi connectivity index (χ3v) is 6.89. The van der Waals surface area contributed by atoms with Gasteiger partial charge in [-0.3, -0.25) is 4.79 Å². The van der Waals surface area contributed by atoms with Crippen LogP contribution in [0.3, 0.4) is 0 Å². The van der Waals surface area contributed by atoms with Crippen LogP contribution in [0.4, 0.5) is 10.2 Å². The number of hydrogen-bond acceptors (Lipinski definition) is 5. The van der Waals surface area contributed by atoms with Gasteiger partial charge in [-0.15, -0.1) is 6.42 Å². The molecule has 0 unspecified atom stereocenters. The molecular weight excluding hydrogens is 443 g/mol. The molecule has 5 rings (SSSR count). The number of terminal acetylenes is 1. The van der Waals surface area contributed by atoms with Gasteiger partial charge in [0.25, 0.3) is 5.91 Å². The molecule has 3 aromatic heterocycles. The molecule has 0 saturated carbocycles. The van der Waals surface area contributed by atoms with Crippen LogP contribution < -0.4 is 5.73 Å². The Morgan fingerprint density at radius 3 is 2.63 bits per heavy atom. The zero-order chi connectivity index (χ0) is 24.9. The molecule has 0 spiro atoms. The van der Waals surface area contributed by atoms with Crippen molar-refractivity contribution in [2.75, 3.05) is 12.3 Å². The molecule has 1 aromatic carbocycles. The Kier molecular flexibility index (Phi) is 5.48. The SMILES string of the molecule is C#Cc1ncc(-c2c(-c3ccc(C(=O)N4CCC[C@@H]4C)cc3)c3c(N)ncnc3n2C)c(C)c1F. The summed E-state index contributed by atoms with van der Waals surface area (Å²) in [4.78, 5) is 27.7. The lowest BCUT2D eigenvalue weighted by Gasteiger charge is -2.21. The summed E-state index contributed by atoms with van der Waals surface area (Å²) in [5.41, 5.74) is 10.7. The van der Waals surface area contributed by atoms with Gasteiger partial charge in [0.05, 0.1) is 11.1 Å². The number of anilines is 1. The van der Waals surface area contributed by atoms with Crippen LogP contribution in [0.2, 0.25) is 0 Å². The molecule has 8 heteroatoms. The number of hydrogen-bond donors (Lipinski definition) is 1. The topological polar surface area (TPSA) is 89.9 Å². The van der Waals surface area contributed by atoms with E-state index in [4.69, 9.17) is 12.2 Å². The average Bonchev–Trinajstić information content (AvgIpc) is 3.42. The van der Waals surface area contributed by atoms with Gasteiger partial charge in [-0.1, -0.05) is 12.1 Å². The van der Waals surface area contributed by atoms with Crippen LogP contribution in [0.5, 0.6) is 0 Å². The Morgan fingerprint density at radius 1 is 1.23 bits per heavy atom.